The maximum atomic E-state index is 12.1. The number of carbonyl (C=O) groups is 1. The molecule has 2 aromatic carbocycles. The summed E-state index contributed by atoms with van der Waals surface area (Å²) in [6.07, 6.45) is 6.73. The molecule has 5 rings (SSSR count). The van der Waals surface area contributed by atoms with Crippen LogP contribution in [0.25, 0.3) is 22.2 Å². The zero-order valence-electron chi connectivity index (χ0n) is 22.9. The van der Waals surface area contributed by atoms with Gasteiger partial charge in [0.15, 0.2) is 0 Å². The SMILES string of the molecule is CCn1ccnc1COc1ccc2c(N(C)C)c(-c3ccc(NC(=O)OC(C)C)cc3)n(C3CCC3)c2c1. The highest BCUT2D eigenvalue weighted by atomic mass is 16.6. The van der Waals surface area contributed by atoms with Gasteiger partial charge in [0, 0.05) is 61.8 Å². The molecule has 4 aromatic rings. The Morgan fingerprint density at radius 2 is 1.92 bits per heavy atom. The summed E-state index contributed by atoms with van der Waals surface area (Å²) in [6, 6.07) is 14.8. The van der Waals surface area contributed by atoms with Gasteiger partial charge >= 0.3 is 6.09 Å². The first-order valence-electron chi connectivity index (χ1n) is 13.4. The van der Waals surface area contributed by atoms with Crippen molar-refractivity contribution < 1.29 is 14.3 Å². The molecule has 0 spiro atoms. The predicted molar refractivity (Wildman–Crippen MR) is 152 cm³/mol. The highest BCUT2D eigenvalue weighted by Gasteiger charge is 2.28. The molecule has 1 aliphatic carbocycles. The second-order valence-electron chi connectivity index (χ2n) is 10.3. The lowest BCUT2D eigenvalue weighted by Crippen LogP contribution is -2.19. The highest BCUT2D eigenvalue weighted by molar-refractivity contribution is 6.03. The molecule has 8 heteroatoms. The van der Waals surface area contributed by atoms with E-state index in [2.05, 4.69) is 75.7 Å². The number of aromatic nitrogens is 3. The Labute approximate surface area is 224 Å². The quantitative estimate of drug-likeness (QED) is 0.264. The van der Waals surface area contributed by atoms with Crippen molar-refractivity contribution in [2.45, 2.75) is 65.3 Å². The van der Waals surface area contributed by atoms with Crippen LogP contribution in [0.2, 0.25) is 0 Å². The minimum Gasteiger partial charge on any atom is -0.486 e. The highest BCUT2D eigenvalue weighted by Crippen LogP contribution is 2.47. The summed E-state index contributed by atoms with van der Waals surface area (Å²) in [5.41, 5.74) is 5.35. The topological polar surface area (TPSA) is 73.6 Å². The largest absolute Gasteiger partial charge is 0.486 e. The minimum atomic E-state index is -0.445. The van der Waals surface area contributed by atoms with Gasteiger partial charge in [-0.05, 0) is 64.3 Å². The number of imidazole rings is 1. The zero-order valence-corrected chi connectivity index (χ0v) is 22.9. The number of benzene rings is 2. The summed E-state index contributed by atoms with van der Waals surface area (Å²) in [6.45, 7) is 7.07. The average Bonchev–Trinajstić information content (AvgIpc) is 3.44. The normalized spacial score (nSPS) is 13.5. The van der Waals surface area contributed by atoms with Gasteiger partial charge in [-0.2, -0.15) is 0 Å². The molecule has 38 heavy (non-hydrogen) atoms. The monoisotopic (exact) mass is 515 g/mol. The molecular weight excluding hydrogens is 478 g/mol. The number of aryl methyl sites for hydroxylation is 1. The fourth-order valence-corrected chi connectivity index (χ4v) is 5.10. The molecule has 1 N–H and O–H groups in total. The number of rotatable bonds is 9. The Bertz CT molecular complexity index is 1410. The number of fused-ring (bicyclic) bond motifs is 1. The third-order valence-corrected chi connectivity index (χ3v) is 7.09. The van der Waals surface area contributed by atoms with Crippen LogP contribution < -0.4 is 15.0 Å². The molecule has 0 unspecified atom stereocenters. The van der Waals surface area contributed by atoms with Crippen LogP contribution in [0.1, 0.15) is 51.9 Å². The van der Waals surface area contributed by atoms with E-state index in [0.717, 1.165) is 36.5 Å². The maximum Gasteiger partial charge on any atom is 0.411 e. The van der Waals surface area contributed by atoms with Crippen molar-refractivity contribution in [3.63, 3.8) is 0 Å². The average molecular weight is 516 g/mol. The lowest BCUT2D eigenvalue weighted by Gasteiger charge is -2.31. The van der Waals surface area contributed by atoms with Crippen LogP contribution >= 0.6 is 0 Å². The number of nitrogens with zero attached hydrogens (tertiary/aromatic N) is 4. The molecule has 1 fully saturated rings. The maximum absolute atomic E-state index is 12.1. The number of amides is 1. The first-order chi connectivity index (χ1) is 18.4. The van der Waals surface area contributed by atoms with E-state index in [9.17, 15) is 4.79 Å². The van der Waals surface area contributed by atoms with Crippen molar-refractivity contribution in [1.82, 2.24) is 14.1 Å². The van der Waals surface area contributed by atoms with E-state index in [1.807, 2.05) is 38.4 Å². The van der Waals surface area contributed by atoms with Crippen LogP contribution in [-0.2, 0) is 17.9 Å². The number of ether oxygens (including phenoxy) is 2. The van der Waals surface area contributed by atoms with Crippen LogP contribution in [0.5, 0.6) is 5.75 Å². The number of hydrogen-bond acceptors (Lipinski definition) is 5. The molecule has 0 radical (unpaired) electrons. The Kier molecular flexibility index (Phi) is 7.31. The summed E-state index contributed by atoms with van der Waals surface area (Å²) in [5.74, 6) is 1.75. The molecule has 200 valence electrons. The van der Waals surface area contributed by atoms with Gasteiger partial charge in [0.1, 0.15) is 18.2 Å². The Morgan fingerprint density at radius 3 is 2.55 bits per heavy atom. The van der Waals surface area contributed by atoms with E-state index >= 15 is 0 Å². The van der Waals surface area contributed by atoms with Gasteiger partial charge in [0.25, 0.3) is 0 Å². The summed E-state index contributed by atoms with van der Waals surface area (Å²) < 4.78 is 16.0. The smallest absolute Gasteiger partial charge is 0.411 e. The van der Waals surface area contributed by atoms with Crippen LogP contribution in [0.3, 0.4) is 0 Å². The standard InChI is InChI=1S/C30H37N5O3/c1-6-34-17-16-31-27(34)19-37-24-14-15-25-26(18-24)35(23-8-7-9-23)28(29(25)33(4)5)21-10-12-22(13-11-21)32-30(36)38-20(2)3/h10-18,20,23H,6-9,19H2,1-5H3,(H,32,36). The Balaban J connectivity index is 1.52. The van der Waals surface area contributed by atoms with Crippen LogP contribution in [0.4, 0.5) is 16.2 Å². The number of carbonyl (C=O) groups excluding carboxylic acids is 1. The van der Waals surface area contributed by atoms with E-state index in [-0.39, 0.29) is 6.10 Å². The van der Waals surface area contributed by atoms with Gasteiger partial charge in [-0.25, -0.2) is 9.78 Å². The van der Waals surface area contributed by atoms with Gasteiger partial charge in [-0.1, -0.05) is 12.1 Å². The van der Waals surface area contributed by atoms with E-state index in [0.29, 0.717) is 18.3 Å². The molecule has 0 bridgehead atoms. The zero-order chi connectivity index (χ0) is 26.8. The third kappa shape index (κ3) is 5.08. The van der Waals surface area contributed by atoms with Crippen LogP contribution in [0.15, 0.2) is 54.9 Å². The summed E-state index contributed by atoms with van der Waals surface area (Å²) in [7, 11) is 4.19. The molecule has 2 heterocycles. The van der Waals surface area contributed by atoms with E-state index in [1.54, 1.807) is 0 Å². The van der Waals surface area contributed by atoms with Gasteiger partial charge in [0.2, 0.25) is 0 Å². The molecule has 0 saturated heterocycles. The molecule has 0 atom stereocenters. The fraction of sp³-hybridized carbons (Fsp3) is 0.400. The summed E-state index contributed by atoms with van der Waals surface area (Å²) in [5, 5.41) is 4.01. The number of anilines is 2. The molecule has 2 aromatic heterocycles. The van der Waals surface area contributed by atoms with Crippen molar-refractivity contribution in [1.29, 1.82) is 0 Å². The second kappa shape index (κ2) is 10.8. The predicted octanol–water partition coefficient (Wildman–Crippen LogP) is 6.85. The van der Waals surface area contributed by atoms with E-state index in [1.165, 1.54) is 28.7 Å². The van der Waals surface area contributed by atoms with Gasteiger partial charge in [-0.15, -0.1) is 0 Å². The summed E-state index contributed by atoms with van der Waals surface area (Å²) >= 11 is 0. The Hall–Kier alpha value is -3.94. The molecule has 1 aliphatic rings. The van der Waals surface area contributed by atoms with Crippen molar-refractivity contribution >= 4 is 28.4 Å². The molecular formula is C30H37N5O3. The van der Waals surface area contributed by atoms with Gasteiger partial charge < -0.3 is 23.5 Å². The molecule has 1 amide bonds. The minimum absolute atomic E-state index is 0.169. The lowest BCUT2D eigenvalue weighted by atomic mass is 9.92. The van der Waals surface area contributed by atoms with E-state index < -0.39 is 6.09 Å². The first-order valence-corrected chi connectivity index (χ1v) is 13.4. The number of hydrogen-bond donors (Lipinski definition) is 1. The molecule has 8 nitrogen and oxygen atoms in total. The van der Waals surface area contributed by atoms with Crippen LogP contribution in [0, 0.1) is 0 Å². The number of nitrogens with one attached hydrogen (secondary N) is 1. The lowest BCUT2D eigenvalue weighted by molar-refractivity contribution is 0.130. The van der Waals surface area contributed by atoms with Crippen molar-refractivity contribution in [2.75, 3.05) is 24.3 Å². The van der Waals surface area contributed by atoms with Crippen molar-refractivity contribution in [3.8, 4) is 17.0 Å². The summed E-state index contributed by atoms with van der Waals surface area (Å²) in [4.78, 5) is 18.7. The molecule has 0 aliphatic heterocycles. The Morgan fingerprint density at radius 1 is 1.16 bits per heavy atom. The van der Waals surface area contributed by atoms with Gasteiger partial charge in [0.05, 0.1) is 23.0 Å². The van der Waals surface area contributed by atoms with Crippen molar-refractivity contribution in [3.05, 3.63) is 60.7 Å². The third-order valence-electron chi connectivity index (χ3n) is 7.09. The van der Waals surface area contributed by atoms with Crippen molar-refractivity contribution in [2.24, 2.45) is 0 Å². The second-order valence-corrected chi connectivity index (χ2v) is 10.3. The van der Waals surface area contributed by atoms with E-state index in [4.69, 9.17) is 9.47 Å². The fourth-order valence-electron chi connectivity index (χ4n) is 5.10. The first kappa shape index (κ1) is 25.7. The molecule has 1 saturated carbocycles. The van der Waals surface area contributed by atoms with Gasteiger partial charge in [-0.3, -0.25) is 5.32 Å². The van der Waals surface area contributed by atoms with Crippen LogP contribution in [-0.4, -0.2) is 40.4 Å².